The van der Waals surface area contributed by atoms with Crippen molar-refractivity contribution >= 4 is 11.5 Å². The summed E-state index contributed by atoms with van der Waals surface area (Å²) in [6.45, 7) is 2.34. The van der Waals surface area contributed by atoms with E-state index in [1.54, 1.807) is 6.07 Å². The van der Waals surface area contributed by atoms with Gasteiger partial charge in [-0.05, 0) is 0 Å². The van der Waals surface area contributed by atoms with E-state index in [1.165, 1.54) is 10.7 Å². The number of hydrogen-bond acceptors (Lipinski definition) is 6. The van der Waals surface area contributed by atoms with Gasteiger partial charge in [-0.2, -0.15) is 5.10 Å². The zero-order valence-corrected chi connectivity index (χ0v) is 10.2. The number of H-pyrrole nitrogens is 1. The van der Waals surface area contributed by atoms with E-state index in [9.17, 15) is 4.79 Å². The lowest BCUT2D eigenvalue weighted by Crippen LogP contribution is -2.25. The number of ether oxygens (including phenoxy) is 1. The van der Waals surface area contributed by atoms with Crippen molar-refractivity contribution in [3.8, 4) is 0 Å². The third-order valence-corrected chi connectivity index (χ3v) is 2.52. The van der Waals surface area contributed by atoms with E-state index < -0.39 is 0 Å². The molecule has 2 rings (SSSR count). The van der Waals surface area contributed by atoms with Crippen molar-refractivity contribution in [1.82, 2.24) is 19.6 Å². The summed E-state index contributed by atoms with van der Waals surface area (Å²) in [5.74, 6) is 0.734. The van der Waals surface area contributed by atoms with E-state index in [0.29, 0.717) is 32.0 Å². The fraction of sp³-hybridized carbons (Fsp3) is 0.500. The second-order valence-electron chi connectivity index (χ2n) is 3.83. The Kier molecular flexibility index (Phi) is 3.90. The maximum absolute atomic E-state index is 11.3. The number of rotatable bonds is 6. The maximum Gasteiger partial charge on any atom is 0.348 e. The summed E-state index contributed by atoms with van der Waals surface area (Å²) < 4.78 is 6.64. The Balaban J connectivity index is 2.03. The molecule has 0 unspecified atom stereocenters. The topological polar surface area (TPSA) is 102 Å². The van der Waals surface area contributed by atoms with Crippen LogP contribution in [0.3, 0.4) is 0 Å². The summed E-state index contributed by atoms with van der Waals surface area (Å²) in [5.41, 5.74) is 5.57. The summed E-state index contributed by atoms with van der Waals surface area (Å²) in [7, 11) is 1.90. The van der Waals surface area contributed by atoms with Gasteiger partial charge in [-0.15, -0.1) is 0 Å². The Labute approximate surface area is 103 Å². The molecule has 0 bridgehead atoms. The van der Waals surface area contributed by atoms with Gasteiger partial charge in [-0.3, -0.25) is 0 Å². The van der Waals surface area contributed by atoms with Crippen LogP contribution in [0.1, 0.15) is 0 Å². The number of likely N-dealkylation sites (N-methyl/N-ethyl adjacent to an activating group) is 1. The van der Waals surface area contributed by atoms with E-state index in [1.807, 2.05) is 11.9 Å². The van der Waals surface area contributed by atoms with Crippen LogP contribution < -0.4 is 16.3 Å². The van der Waals surface area contributed by atoms with Crippen LogP contribution in [-0.2, 0) is 4.74 Å². The first-order chi connectivity index (χ1) is 8.72. The zero-order valence-electron chi connectivity index (χ0n) is 10.2. The Morgan fingerprint density at radius 2 is 2.39 bits per heavy atom. The van der Waals surface area contributed by atoms with Crippen LogP contribution in [-0.4, -0.2) is 52.9 Å². The number of aromatic nitrogens is 4. The Morgan fingerprint density at radius 3 is 3.17 bits per heavy atom. The first-order valence-electron chi connectivity index (χ1n) is 5.64. The number of nitrogens with one attached hydrogen (secondary N) is 1. The average molecular weight is 252 g/mol. The number of nitrogens with zero attached hydrogens (tertiary/aromatic N) is 4. The van der Waals surface area contributed by atoms with Crippen molar-refractivity contribution in [3.63, 3.8) is 0 Å². The molecule has 3 N–H and O–H groups in total. The molecule has 2 heterocycles. The Bertz CT molecular complexity index is 563. The monoisotopic (exact) mass is 252 g/mol. The molecule has 98 valence electrons. The predicted molar refractivity (Wildman–Crippen MR) is 66.8 cm³/mol. The molecule has 8 nitrogen and oxygen atoms in total. The lowest BCUT2D eigenvalue weighted by Gasteiger charge is -2.17. The molecule has 0 fully saturated rings. The zero-order chi connectivity index (χ0) is 13.0. The molecule has 2 aromatic heterocycles. The summed E-state index contributed by atoms with van der Waals surface area (Å²) in [6, 6.07) is 1.74. The van der Waals surface area contributed by atoms with Gasteiger partial charge >= 0.3 is 5.69 Å². The highest BCUT2D eigenvalue weighted by atomic mass is 16.5. The maximum atomic E-state index is 11.3. The molecule has 0 radical (unpaired) electrons. The lowest BCUT2D eigenvalue weighted by atomic mass is 10.5. The molecule has 0 aromatic carbocycles. The number of anilines is 1. The minimum atomic E-state index is -0.294. The largest absolute Gasteiger partial charge is 0.378 e. The number of nitrogens with two attached hydrogens (primary N) is 1. The van der Waals surface area contributed by atoms with Crippen LogP contribution in [0.15, 0.2) is 17.2 Å². The molecular weight excluding hydrogens is 236 g/mol. The van der Waals surface area contributed by atoms with E-state index in [2.05, 4.69) is 15.2 Å². The van der Waals surface area contributed by atoms with Crippen LogP contribution >= 0.6 is 0 Å². The van der Waals surface area contributed by atoms with Crippen molar-refractivity contribution in [2.75, 3.05) is 38.3 Å². The molecule has 2 aromatic rings. The molecule has 0 saturated carbocycles. The van der Waals surface area contributed by atoms with Gasteiger partial charge in [0.2, 0.25) is 0 Å². The van der Waals surface area contributed by atoms with E-state index in [0.717, 1.165) is 5.82 Å². The van der Waals surface area contributed by atoms with Crippen LogP contribution in [0.5, 0.6) is 0 Å². The molecular formula is C10H16N6O2. The van der Waals surface area contributed by atoms with Crippen molar-refractivity contribution in [2.24, 2.45) is 5.73 Å². The summed E-state index contributed by atoms with van der Waals surface area (Å²) in [6.07, 6.45) is 1.45. The van der Waals surface area contributed by atoms with Crippen molar-refractivity contribution in [2.45, 2.75) is 0 Å². The molecule has 0 aliphatic carbocycles. The summed E-state index contributed by atoms with van der Waals surface area (Å²) >= 11 is 0. The van der Waals surface area contributed by atoms with Crippen molar-refractivity contribution in [1.29, 1.82) is 0 Å². The van der Waals surface area contributed by atoms with Gasteiger partial charge in [0.1, 0.15) is 12.1 Å². The first-order valence-corrected chi connectivity index (χ1v) is 5.64. The normalized spacial score (nSPS) is 11.0. The molecule has 0 aliphatic rings. The molecule has 0 aliphatic heterocycles. The second kappa shape index (κ2) is 5.61. The highest BCUT2D eigenvalue weighted by molar-refractivity contribution is 5.49. The quantitative estimate of drug-likeness (QED) is 0.628. The summed E-state index contributed by atoms with van der Waals surface area (Å²) in [4.78, 5) is 17.4. The average Bonchev–Trinajstić information content (AvgIpc) is 2.76. The summed E-state index contributed by atoms with van der Waals surface area (Å²) in [5, 5.41) is 6.24. The fourth-order valence-electron chi connectivity index (χ4n) is 1.51. The fourth-order valence-corrected chi connectivity index (χ4v) is 1.51. The molecule has 0 amide bonds. The smallest absolute Gasteiger partial charge is 0.348 e. The molecule has 0 atom stereocenters. The van der Waals surface area contributed by atoms with Gasteiger partial charge in [0.05, 0.1) is 13.2 Å². The van der Waals surface area contributed by atoms with E-state index in [4.69, 9.17) is 10.5 Å². The number of hydrogen-bond donors (Lipinski definition) is 2. The van der Waals surface area contributed by atoms with Gasteiger partial charge in [0, 0.05) is 26.2 Å². The highest BCUT2D eigenvalue weighted by Gasteiger charge is 2.06. The lowest BCUT2D eigenvalue weighted by molar-refractivity contribution is 0.148. The molecule has 18 heavy (non-hydrogen) atoms. The number of fused-ring (bicyclic) bond motifs is 1. The minimum absolute atomic E-state index is 0.294. The third kappa shape index (κ3) is 2.66. The van der Waals surface area contributed by atoms with Crippen LogP contribution in [0, 0.1) is 0 Å². The predicted octanol–water partition coefficient (Wildman–Crippen LogP) is -1.17. The van der Waals surface area contributed by atoms with Gasteiger partial charge in [0.25, 0.3) is 0 Å². The SMILES string of the molecule is CN(CCOCCN)c1cc2n[nH]c(=O)n2cn1. The second-order valence-corrected chi connectivity index (χ2v) is 3.83. The standard InChI is InChI=1S/C10H16N6O2/c1-15(3-5-18-4-2-11)8-6-9-13-14-10(17)16(9)7-12-8/h6-7H,2-5,11H2,1H3,(H,14,17). The van der Waals surface area contributed by atoms with Gasteiger partial charge < -0.3 is 15.4 Å². The van der Waals surface area contributed by atoms with Crippen LogP contribution in [0.2, 0.25) is 0 Å². The first kappa shape index (κ1) is 12.5. The third-order valence-electron chi connectivity index (χ3n) is 2.52. The van der Waals surface area contributed by atoms with E-state index >= 15 is 0 Å². The van der Waals surface area contributed by atoms with Gasteiger partial charge in [-0.25, -0.2) is 19.3 Å². The molecule has 0 saturated heterocycles. The number of aromatic amines is 1. The highest BCUT2D eigenvalue weighted by Crippen LogP contribution is 2.08. The van der Waals surface area contributed by atoms with Gasteiger partial charge in [0.15, 0.2) is 5.65 Å². The molecule has 0 spiro atoms. The Morgan fingerprint density at radius 1 is 1.56 bits per heavy atom. The van der Waals surface area contributed by atoms with Crippen LogP contribution in [0.4, 0.5) is 5.82 Å². The van der Waals surface area contributed by atoms with E-state index in [-0.39, 0.29) is 5.69 Å². The minimum Gasteiger partial charge on any atom is -0.378 e. The molecule has 8 heteroatoms. The van der Waals surface area contributed by atoms with Crippen molar-refractivity contribution < 1.29 is 4.74 Å². The van der Waals surface area contributed by atoms with Crippen molar-refractivity contribution in [3.05, 3.63) is 22.9 Å². The Hall–Kier alpha value is -1.93. The van der Waals surface area contributed by atoms with Crippen LogP contribution in [0.25, 0.3) is 5.65 Å². The van der Waals surface area contributed by atoms with Gasteiger partial charge in [-0.1, -0.05) is 0 Å².